The van der Waals surface area contributed by atoms with E-state index in [4.69, 9.17) is 4.74 Å². The van der Waals surface area contributed by atoms with Crippen molar-refractivity contribution in [3.63, 3.8) is 0 Å². The van der Waals surface area contributed by atoms with E-state index in [2.05, 4.69) is 13.8 Å². The summed E-state index contributed by atoms with van der Waals surface area (Å²) in [5.74, 6) is 0.0829. The maximum Gasteiger partial charge on any atom is 0.341 e. The van der Waals surface area contributed by atoms with Crippen molar-refractivity contribution in [2.75, 3.05) is 0 Å². The lowest BCUT2D eigenvalue weighted by molar-refractivity contribution is 0.00762. The van der Waals surface area contributed by atoms with Crippen molar-refractivity contribution in [3.05, 3.63) is 35.1 Å². The van der Waals surface area contributed by atoms with E-state index in [1.807, 2.05) is 0 Å². The zero-order chi connectivity index (χ0) is 14.0. The van der Waals surface area contributed by atoms with Crippen LogP contribution < -0.4 is 0 Å². The first-order chi connectivity index (χ1) is 8.95. The molecule has 3 heteroatoms. The molecule has 0 spiro atoms. The monoisotopic (exact) mass is 264 g/mol. The van der Waals surface area contributed by atoms with Crippen LogP contribution in [0, 0.1) is 24.6 Å². The molecule has 19 heavy (non-hydrogen) atoms. The summed E-state index contributed by atoms with van der Waals surface area (Å²) in [4.78, 5) is 12.0. The van der Waals surface area contributed by atoms with Crippen molar-refractivity contribution >= 4 is 5.97 Å². The highest BCUT2D eigenvalue weighted by atomic mass is 19.1. The van der Waals surface area contributed by atoms with Crippen LogP contribution >= 0.6 is 0 Å². The Kier molecular flexibility index (Phi) is 4.23. The number of rotatable bonds is 2. The highest BCUT2D eigenvalue weighted by Gasteiger charge is 2.27. The minimum absolute atomic E-state index is 0.0384. The number of hydrogen-bond donors (Lipinski definition) is 0. The lowest BCUT2D eigenvalue weighted by Gasteiger charge is -2.31. The van der Waals surface area contributed by atoms with Gasteiger partial charge in [0.2, 0.25) is 0 Å². The van der Waals surface area contributed by atoms with Crippen molar-refractivity contribution in [1.82, 2.24) is 0 Å². The minimum Gasteiger partial charge on any atom is -0.459 e. The highest BCUT2D eigenvalue weighted by molar-refractivity contribution is 5.89. The molecule has 0 aliphatic heterocycles. The summed E-state index contributed by atoms with van der Waals surface area (Å²) in [6.07, 6.45) is 2.85. The van der Waals surface area contributed by atoms with Gasteiger partial charge < -0.3 is 4.74 Å². The molecule has 2 unspecified atom stereocenters. The molecule has 1 aliphatic carbocycles. The number of ether oxygens (including phenoxy) is 1. The minimum atomic E-state index is -0.538. The number of esters is 1. The van der Waals surface area contributed by atoms with Crippen molar-refractivity contribution < 1.29 is 13.9 Å². The molecule has 0 amide bonds. The van der Waals surface area contributed by atoms with Gasteiger partial charge in [-0.2, -0.15) is 0 Å². The smallest absolute Gasteiger partial charge is 0.341 e. The molecule has 0 aromatic heterocycles. The Morgan fingerprint density at radius 1 is 1.21 bits per heavy atom. The molecule has 104 valence electrons. The van der Waals surface area contributed by atoms with Gasteiger partial charge in [0.05, 0.1) is 5.56 Å². The van der Waals surface area contributed by atoms with E-state index in [9.17, 15) is 9.18 Å². The first-order valence-corrected chi connectivity index (χ1v) is 6.93. The second-order valence-electron chi connectivity index (χ2n) is 5.93. The van der Waals surface area contributed by atoms with Gasteiger partial charge in [-0.3, -0.25) is 0 Å². The standard InChI is InChI=1S/C16H21FO2/c1-10-4-5-14(15(17)9-10)16(18)19-13-7-11(2)6-12(3)8-13/h4-5,9,11-13H,6-8H2,1-3H3. The van der Waals surface area contributed by atoms with Crippen LogP contribution in [0.4, 0.5) is 4.39 Å². The van der Waals surface area contributed by atoms with Crippen LogP contribution in [0.25, 0.3) is 0 Å². The van der Waals surface area contributed by atoms with Crippen LogP contribution in [0.1, 0.15) is 49.0 Å². The first kappa shape index (κ1) is 14.0. The summed E-state index contributed by atoms with van der Waals surface area (Å²) >= 11 is 0. The molecule has 1 saturated carbocycles. The third-order valence-electron chi connectivity index (χ3n) is 3.75. The molecule has 0 N–H and O–H groups in total. The Morgan fingerprint density at radius 2 is 1.84 bits per heavy atom. The predicted molar refractivity (Wildman–Crippen MR) is 72.5 cm³/mol. The van der Waals surface area contributed by atoms with Crippen molar-refractivity contribution in [3.8, 4) is 0 Å². The Balaban J connectivity index is 2.04. The van der Waals surface area contributed by atoms with Crippen molar-refractivity contribution in [1.29, 1.82) is 0 Å². The molecular formula is C16H21FO2. The number of hydrogen-bond acceptors (Lipinski definition) is 2. The van der Waals surface area contributed by atoms with E-state index < -0.39 is 11.8 Å². The molecule has 1 aromatic carbocycles. The largest absolute Gasteiger partial charge is 0.459 e. The van der Waals surface area contributed by atoms with Crippen LogP contribution in [0.15, 0.2) is 18.2 Å². The molecule has 1 aliphatic rings. The summed E-state index contributed by atoms with van der Waals surface area (Å²) in [6, 6.07) is 4.59. The summed E-state index contributed by atoms with van der Waals surface area (Å²) in [5.41, 5.74) is 0.838. The second-order valence-corrected chi connectivity index (χ2v) is 5.93. The van der Waals surface area contributed by atoms with Gasteiger partial charge in [0.15, 0.2) is 0 Å². The average Bonchev–Trinajstić information content (AvgIpc) is 2.26. The van der Waals surface area contributed by atoms with E-state index in [-0.39, 0.29) is 11.7 Å². The molecule has 0 bridgehead atoms. The van der Waals surface area contributed by atoms with E-state index in [0.29, 0.717) is 11.8 Å². The van der Waals surface area contributed by atoms with E-state index in [1.54, 1.807) is 13.0 Å². The van der Waals surface area contributed by atoms with Gasteiger partial charge in [0.1, 0.15) is 11.9 Å². The van der Waals surface area contributed by atoms with Crippen LogP contribution in [-0.4, -0.2) is 12.1 Å². The number of halogens is 1. The molecule has 1 aromatic rings. The quantitative estimate of drug-likeness (QED) is 0.751. The Labute approximate surface area is 114 Å². The molecule has 2 nitrogen and oxygen atoms in total. The third-order valence-corrected chi connectivity index (χ3v) is 3.75. The lowest BCUT2D eigenvalue weighted by atomic mass is 9.82. The van der Waals surface area contributed by atoms with Crippen LogP contribution in [0.5, 0.6) is 0 Å². The Morgan fingerprint density at radius 3 is 2.42 bits per heavy atom. The van der Waals surface area contributed by atoms with Gasteiger partial charge in [-0.15, -0.1) is 0 Å². The Bertz CT molecular complexity index is 460. The fraction of sp³-hybridized carbons (Fsp3) is 0.562. The maximum atomic E-state index is 13.7. The maximum absolute atomic E-state index is 13.7. The molecule has 2 atom stereocenters. The summed E-state index contributed by atoms with van der Waals surface area (Å²) in [5, 5.41) is 0. The van der Waals surface area contributed by atoms with Crippen molar-refractivity contribution in [2.24, 2.45) is 11.8 Å². The van der Waals surface area contributed by atoms with Gasteiger partial charge in [0, 0.05) is 0 Å². The molecular weight excluding hydrogens is 243 g/mol. The summed E-state index contributed by atoms with van der Waals surface area (Å²) in [7, 11) is 0. The molecule has 0 heterocycles. The normalized spacial score (nSPS) is 27.1. The van der Waals surface area contributed by atoms with Crippen LogP contribution in [-0.2, 0) is 4.74 Å². The number of carbonyl (C=O) groups excluding carboxylic acids is 1. The van der Waals surface area contributed by atoms with Gasteiger partial charge >= 0.3 is 5.97 Å². The van der Waals surface area contributed by atoms with Gasteiger partial charge in [-0.25, -0.2) is 9.18 Å². The van der Waals surface area contributed by atoms with Crippen molar-refractivity contribution in [2.45, 2.75) is 46.1 Å². The first-order valence-electron chi connectivity index (χ1n) is 6.93. The Hall–Kier alpha value is -1.38. The van der Waals surface area contributed by atoms with E-state index >= 15 is 0 Å². The molecule has 0 radical (unpaired) electrons. The zero-order valence-electron chi connectivity index (χ0n) is 11.8. The lowest BCUT2D eigenvalue weighted by Crippen LogP contribution is -2.28. The average molecular weight is 264 g/mol. The fourth-order valence-electron chi connectivity index (χ4n) is 2.97. The van der Waals surface area contributed by atoms with Crippen LogP contribution in [0.2, 0.25) is 0 Å². The SMILES string of the molecule is Cc1ccc(C(=O)OC2CC(C)CC(C)C2)c(F)c1. The summed E-state index contributed by atoms with van der Waals surface area (Å²) in [6.45, 7) is 6.13. The van der Waals surface area contributed by atoms with Gasteiger partial charge in [-0.1, -0.05) is 19.9 Å². The zero-order valence-corrected chi connectivity index (χ0v) is 11.8. The molecule has 2 rings (SSSR count). The number of benzene rings is 1. The molecule has 1 fully saturated rings. The second kappa shape index (κ2) is 5.72. The van der Waals surface area contributed by atoms with Gasteiger partial charge in [-0.05, 0) is 55.7 Å². The topological polar surface area (TPSA) is 26.3 Å². The predicted octanol–water partition coefficient (Wildman–Crippen LogP) is 4.12. The van der Waals surface area contributed by atoms with Gasteiger partial charge in [0.25, 0.3) is 0 Å². The third kappa shape index (κ3) is 3.55. The highest BCUT2D eigenvalue weighted by Crippen LogP contribution is 2.30. The van der Waals surface area contributed by atoms with E-state index in [1.165, 1.54) is 18.6 Å². The van der Waals surface area contributed by atoms with E-state index in [0.717, 1.165) is 18.4 Å². The number of aryl methyl sites for hydroxylation is 1. The fourth-order valence-corrected chi connectivity index (χ4v) is 2.97. The summed E-state index contributed by atoms with van der Waals surface area (Å²) < 4.78 is 19.2. The number of carbonyl (C=O) groups is 1. The molecule has 0 saturated heterocycles. The van der Waals surface area contributed by atoms with Crippen LogP contribution in [0.3, 0.4) is 0 Å².